The molecule has 1 aromatic carbocycles. The molecular weight excluding hydrogens is 258 g/mol. The Balaban J connectivity index is 2.15. The number of benzene rings is 1. The molecule has 100 valence electrons. The first-order chi connectivity index (χ1) is 8.99. The van der Waals surface area contributed by atoms with Crippen molar-refractivity contribution >= 4 is 22.4 Å². The van der Waals surface area contributed by atoms with Crippen molar-refractivity contribution in [3.8, 4) is 0 Å². The number of hydrogen-bond donors (Lipinski definition) is 2. The van der Waals surface area contributed by atoms with Crippen LogP contribution in [0.25, 0.3) is 0 Å². The highest BCUT2D eigenvalue weighted by molar-refractivity contribution is 7.17. The monoisotopic (exact) mass is 275 g/mol. The third-order valence-corrected chi connectivity index (χ3v) is 4.01. The fraction of sp³-hybridized carbons (Fsp3) is 0.286. The summed E-state index contributed by atoms with van der Waals surface area (Å²) in [4.78, 5) is 16.8. The molecule has 0 radical (unpaired) electrons. The molecule has 1 amide bonds. The van der Waals surface area contributed by atoms with Crippen molar-refractivity contribution in [2.45, 2.75) is 26.8 Å². The first kappa shape index (κ1) is 13.5. The van der Waals surface area contributed by atoms with E-state index in [0.29, 0.717) is 15.7 Å². The number of nitrogens with two attached hydrogens (primary N) is 1. The summed E-state index contributed by atoms with van der Waals surface area (Å²) in [5, 5.41) is 3.41. The quantitative estimate of drug-likeness (QED) is 0.905. The molecule has 4 nitrogen and oxygen atoms in total. The fourth-order valence-corrected chi connectivity index (χ4v) is 2.78. The standard InChI is InChI=1S/C14H17N3OS/c1-8-6-4-5-7-11(8)9(2)16-13(18)12-10(3)17-14(15)19-12/h4-7,9H,1-3H3,(H2,15,17)(H,16,18). The van der Waals surface area contributed by atoms with Crippen LogP contribution in [0.15, 0.2) is 24.3 Å². The van der Waals surface area contributed by atoms with E-state index in [-0.39, 0.29) is 11.9 Å². The van der Waals surface area contributed by atoms with Gasteiger partial charge in [-0.3, -0.25) is 4.79 Å². The van der Waals surface area contributed by atoms with Gasteiger partial charge in [-0.05, 0) is 31.9 Å². The van der Waals surface area contributed by atoms with E-state index in [4.69, 9.17) is 5.73 Å². The molecule has 1 unspecified atom stereocenters. The molecule has 19 heavy (non-hydrogen) atoms. The van der Waals surface area contributed by atoms with E-state index in [1.54, 1.807) is 6.92 Å². The van der Waals surface area contributed by atoms with Crippen LogP contribution >= 0.6 is 11.3 Å². The Morgan fingerprint density at radius 1 is 1.37 bits per heavy atom. The summed E-state index contributed by atoms with van der Waals surface area (Å²) in [5.41, 5.74) is 8.57. The predicted molar refractivity (Wildman–Crippen MR) is 78.3 cm³/mol. The van der Waals surface area contributed by atoms with Gasteiger partial charge in [0.05, 0.1) is 11.7 Å². The molecule has 3 N–H and O–H groups in total. The Kier molecular flexibility index (Phi) is 3.85. The van der Waals surface area contributed by atoms with Crippen LogP contribution in [0.5, 0.6) is 0 Å². The van der Waals surface area contributed by atoms with E-state index in [0.717, 1.165) is 11.1 Å². The Morgan fingerprint density at radius 2 is 2.05 bits per heavy atom. The maximum atomic E-state index is 12.2. The van der Waals surface area contributed by atoms with E-state index < -0.39 is 0 Å². The molecular formula is C14H17N3OS. The average molecular weight is 275 g/mol. The highest BCUT2D eigenvalue weighted by Crippen LogP contribution is 2.22. The number of thiazole rings is 1. The number of nitrogen functional groups attached to an aromatic ring is 1. The highest BCUT2D eigenvalue weighted by atomic mass is 32.1. The number of amides is 1. The van der Waals surface area contributed by atoms with Gasteiger partial charge in [0, 0.05) is 0 Å². The molecule has 0 aliphatic heterocycles. The zero-order chi connectivity index (χ0) is 14.0. The molecule has 1 aromatic heterocycles. The van der Waals surface area contributed by atoms with Gasteiger partial charge in [-0.1, -0.05) is 35.6 Å². The summed E-state index contributed by atoms with van der Waals surface area (Å²) in [7, 11) is 0. The van der Waals surface area contributed by atoms with E-state index in [9.17, 15) is 4.79 Å². The number of aromatic nitrogens is 1. The largest absolute Gasteiger partial charge is 0.375 e. The zero-order valence-corrected chi connectivity index (χ0v) is 12.0. The van der Waals surface area contributed by atoms with Gasteiger partial charge < -0.3 is 11.1 Å². The molecule has 2 rings (SSSR count). The number of nitrogens with zero attached hydrogens (tertiary/aromatic N) is 1. The number of rotatable bonds is 3. The van der Waals surface area contributed by atoms with E-state index in [1.165, 1.54) is 11.3 Å². The topological polar surface area (TPSA) is 68.0 Å². The van der Waals surface area contributed by atoms with Crippen LogP contribution in [0.1, 0.15) is 39.5 Å². The molecule has 0 aliphatic rings. The molecule has 0 fully saturated rings. The number of carbonyl (C=O) groups is 1. The highest BCUT2D eigenvalue weighted by Gasteiger charge is 2.17. The molecule has 0 bridgehead atoms. The molecule has 1 heterocycles. The fourth-order valence-electron chi connectivity index (χ4n) is 2.04. The normalized spacial score (nSPS) is 12.2. The number of anilines is 1. The molecule has 0 saturated carbocycles. The summed E-state index contributed by atoms with van der Waals surface area (Å²) >= 11 is 1.22. The minimum Gasteiger partial charge on any atom is -0.375 e. The number of aryl methyl sites for hydroxylation is 2. The van der Waals surface area contributed by atoms with Crippen LogP contribution in [-0.4, -0.2) is 10.9 Å². The van der Waals surface area contributed by atoms with Crippen molar-refractivity contribution < 1.29 is 4.79 Å². The number of hydrogen-bond acceptors (Lipinski definition) is 4. The maximum absolute atomic E-state index is 12.2. The summed E-state index contributed by atoms with van der Waals surface area (Å²) in [6, 6.07) is 7.97. The minimum absolute atomic E-state index is 0.0450. The number of carbonyl (C=O) groups excluding carboxylic acids is 1. The van der Waals surface area contributed by atoms with Crippen LogP contribution in [-0.2, 0) is 0 Å². The third-order valence-electron chi connectivity index (χ3n) is 3.02. The molecule has 1 atom stereocenters. The SMILES string of the molecule is Cc1ccccc1C(C)NC(=O)c1sc(N)nc1C. The van der Waals surface area contributed by atoms with Crippen molar-refractivity contribution in [3.05, 3.63) is 46.0 Å². The average Bonchev–Trinajstić information content (AvgIpc) is 2.69. The summed E-state index contributed by atoms with van der Waals surface area (Å²) < 4.78 is 0. The van der Waals surface area contributed by atoms with Crippen molar-refractivity contribution in [1.82, 2.24) is 10.3 Å². The van der Waals surface area contributed by atoms with Crippen molar-refractivity contribution in [2.24, 2.45) is 0 Å². The van der Waals surface area contributed by atoms with E-state index >= 15 is 0 Å². The number of nitrogens with one attached hydrogen (secondary N) is 1. The Labute approximate surface area is 116 Å². The Bertz CT molecular complexity index is 606. The molecule has 0 saturated heterocycles. The van der Waals surface area contributed by atoms with E-state index in [1.807, 2.05) is 38.1 Å². The maximum Gasteiger partial charge on any atom is 0.263 e. The zero-order valence-electron chi connectivity index (χ0n) is 11.2. The Morgan fingerprint density at radius 3 is 2.63 bits per heavy atom. The van der Waals surface area contributed by atoms with Crippen LogP contribution in [0.4, 0.5) is 5.13 Å². The van der Waals surface area contributed by atoms with Crippen LogP contribution in [0.2, 0.25) is 0 Å². The van der Waals surface area contributed by atoms with E-state index in [2.05, 4.69) is 10.3 Å². The lowest BCUT2D eigenvalue weighted by molar-refractivity contribution is 0.0943. The summed E-state index contributed by atoms with van der Waals surface area (Å²) in [5.74, 6) is -0.123. The predicted octanol–water partition coefficient (Wildman–Crippen LogP) is 2.83. The second kappa shape index (κ2) is 5.40. The lowest BCUT2D eigenvalue weighted by atomic mass is 10.0. The van der Waals surface area contributed by atoms with Gasteiger partial charge in [0.1, 0.15) is 4.88 Å². The lowest BCUT2D eigenvalue weighted by Crippen LogP contribution is -2.26. The van der Waals surface area contributed by atoms with Crippen LogP contribution < -0.4 is 11.1 Å². The van der Waals surface area contributed by atoms with Crippen molar-refractivity contribution in [2.75, 3.05) is 5.73 Å². The molecule has 0 aliphatic carbocycles. The first-order valence-electron chi connectivity index (χ1n) is 6.08. The van der Waals surface area contributed by atoms with Gasteiger partial charge in [-0.25, -0.2) is 4.98 Å². The van der Waals surface area contributed by atoms with Gasteiger partial charge >= 0.3 is 0 Å². The smallest absolute Gasteiger partial charge is 0.263 e. The van der Waals surface area contributed by atoms with Gasteiger partial charge in [0.15, 0.2) is 5.13 Å². The van der Waals surface area contributed by atoms with Gasteiger partial charge in [-0.2, -0.15) is 0 Å². The van der Waals surface area contributed by atoms with Gasteiger partial charge in [0.25, 0.3) is 5.91 Å². The van der Waals surface area contributed by atoms with Crippen molar-refractivity contribution in [3.63, 3.8) is 0 Å². The molecule has 5 heteroatoms. The third kappa shape index (κ3) is 2.93. The molecule has 2 aromatic rings. The second-order valence-electron chi connectivity index (χ2n) is 4.52. The second-order valence-corrected chi connectivity index (χ2v) is 5.55. The summed E-state index contributed by atoms with van der Waals surface area (Å²) in [6.07, 6.45) is 0. The van der Waals surface area contributed by atoms with Crippen LogP contribution in [0, 0.1) is 13.8 Å². The summed E-state index contributed by atoms with van der Waals surface area (Å²) in [6.45, 7) is 5.80. The molecule has 0 spiro atoms. The van der Waals surface area contributed by atoms with Gasteiger partial charge in [0.2, 0.25) is 0 Å². The van der Waals surface area contributed by atoms with Crippen LogP contribution in [0.3, 0.4) is 0 Å². The van der Waals surface area contributed by atoms with Gasteiger partial charge in [-0.15, -0.1) is 0 Å². The lowest BCUT2D eigenvalue weighted by Gasteiger charge is -2.16. The first-order valence-corrected chi connectivity index (χ1v) is 6.90. The van der Waals surface area contributed by atoms with Crippen molar-refractivity contribution in [1.29, 1.82) is 0 Å². The Hall–Kier alpha value is -1.88. The minimum atomic E-state index is -0.123.